The third-order valence-corrected chi connectivity index (χ3v) is 4.59. The number of hydrogen-bond acceptors (Lipinski definition) is 6. The van der Waals surface area contributed by atoms with Gasteiger partial charge in [-0.15, -0.1) is 0 Å². The van der Waals surface area contributed by atoms with E-state index in [0.29, 0.717) is 5.69 Å². The van der Waals surface area contributed by atoms with E-state index in [4.69, 9.17) is 0 Å². The summed E-state index contributed by atoms with van der Waals surface area (Å²) >= 11 is 0. The number of nitrogens with one attached hydrogen (secondary N) is 1. The van der Waals surface area contributed by atoms with E-state index in [-0.39, 0.29) is 23.5 Å². The second kappa shape index (κ2) is 6.95. The largest absolute Gasteiger partial charge is 0.366 e. The third-order valence-electron chi connectivity index (χ3n) is 3.64. The molecule has 8 nitrogen and oxygen atoms in total. The van der Waals surface area contributed by atoms with Gasteiger partial charge >= 0.3 is 0 Å². The second-order valence-corrected chi connectivity index (χ2v) is 7.80. The molecule has 126 valence electrons. The van der Waals surface area contributed by atoms with Crippen molar-refractivity contribution in [1.82, 2.24) is 5.32 Å². The van der Waals surface area contributed by atoms with Crippen LogP contribution in [0.15, 0.2) is 18.2 Å². The van der Waals surface area contributed by atoms with Gasteiger partial charge in [0.25, 0.3) is 11.6 Å². The number of anilines is 1. The van der Waals surface area contributed by atoms with Gasteiger partial charge in [0.15, 0.2) is 0 Å². The highest BCUT2D eigenvalue weighted by atomic mass is 32.2. The van der Waals surface area contributed by atoms with Crippen molar-refractivity contribution in [2.45, 2.75) is 12.8 Å². The molecule has 0 saturated carbocycles. The predicted octanol–water partition coefficient (Wildman–Crippen LogP) is 0.969. The topological polar surface area (TPSA) is 110 Å². The molecule has 1 aliphatic heterocycles. The number of amides is 1. The number of sulfone groups is 1. The van der Waals surface area contributed by atoms with Crippen LogP contribution >= 0.6 is 0 Å². The van der Waals surface area contributed by atoms with Crippen molar-refractivity contribution in [3.05, 3.63) is 33.9 Å². The molecule has 0 radical (unpaired) electrons. The standard InChI is InChI=1S/C14H19N3O5S/c1-23(21,22)9-6-15-14(18)11-4-5-12(13(10-11)17(19)20)16-7-2-3-8-16/h4-5,10H,2-3,6-9H2,1H3,(H,15,18). The maximum atomic E-state index is 12.0. The number of nitro benzene ring substituents is 1. The van der Waals surface area contributed by atoms with Gasteiger partial charge in [0.05, 0.1) is 10.7 Å². The first-order chi connectivity index (χ1) is 10.8. The Hall–Kier alpha value is -2.16. The van der Waals surface area contributed by atoms with Crippen LogP contribution in [0.4, 0.5) is 11.4 Å². The van der Waals surface area contributed by atoms with E-state index in [1.165, 1.54) is 12.1 Å². The van der Waals surface area contributed by atoms with Crippen molar-refractivity contribution >= 4 is 27.1 Å². The van der Waals surface area contributed by atoms with Crippen LogP contribution < -0.4 is 10.2 Å². The average molecular weight is 341 g/mol. The van der Waals surface area contributed by atoms with Crippen molar-refractivity contribution < 1.29 is 18.1 Å². The lowest BCUT2D eigenvalue weighted by Crippen LogP contribution is -2.29. The lowest BCUT2D eigenvalue weighted by atomic mass is 10.1. The molecule has 23 heavy (non-hydrogen) atoms. The zero-order valence-electron chi connectivity index (χ0n) is 12.8. The molecule has 0 unspecified atom stereocenters. The van der Waals surface area contributed by atoms with Gasteiger partial charge in [-0.2, -0.15) is 0 Å². The summed E-state index contributed by atoms with van der Waals surface area (Å²) in [6, 6.07) is 4.34. The quantitative estimate of drug-likeness (QED) is 0.610. The highest BCUT2D eigenvalue weighted by Gasteiger charge is 2.23. The number of rotatable bonds is 6. The molecule has 1 aromatic carbocycles. The maximum Gasteiger partial charge on any atom is 0.293 e. The molecule has 0 atom stereocenters. The number of benzene rings is 1. The van der Waals surface area contributed by atoms with Crippen molar-refractivity contribution in [3.8, 4) is 0 Å². The first-order valence-electron chi connectivity index (χ1n) is 7.27. The van der Waals surface area contributed by atoms with Gasteiger partial charge < -0.3 is 10.2 Å². The first-order valence-corrected chi connectivity index (χ1v) is 9.33. The molecule has 0 aliphatic carbocycles. The molecule has 1 amide bonds. The molecular weight excluding hydrogens is 322 g/mol. The minimum Gasteiger partial charge on any atom is -0.366 e. The molecule has 2 rings (SSSR count). The van der Waals surface area contributed by atoms with Crippen LogP contribution in [0.25, 0.3) is 0 Å². The molecular formula is C14H19N3O5S. The second-order valence-electron chi connectivity index (χ2n) is 5.54. The molecule has 9 heteroatoms. The Balaban J connectivity index is 2.15. The van der Waals surface area contributed by atoms with Crippen molar-refractivity contribution in [3.63, 3.8) is 0 Å². The van der Waals surface area contributed by atoms with Crippen LogP contribution in [0.3, 0.4) is 0 Å². The van der Waals surface area contributed by atoms with Crippen LogP contribution in [0.5, 0.6) is 0 Å². The molecule has 1 fully saturated rings. The molecule has 1 aromatic rings. The van der Waals surface area contributed by atoms with Crippen molar-refractivity contribution in [2.24, 2.45) is 0 Å². The van der Waals surface area contributed by atoms with E-state index in [1.807, 2.05) is 4.90 Å². The van der Waals surface area contributed by atoms with Crippen molar-refractivity contribution in [2.75, 3.05) is 36.5 Å². The van der Waals surface area contributed by atoms with E-state index >= 15 is 0 Å². The van der Waals surface area contributed by atoms with Crippen LogP contribution in [0, 0.1) is 10.1 Å². The van der Waals surface area contributed by atoms with Gasteiger partial charge in [-0.3, -0.25) is 14.9 Å². The number of carbonyl (C=O) groups is 1. The van der Waals surface area contributed by atoms with E-state index in [1.54, 1.807) is 6.07 Å². The summed E-state index contributed by atoms with van der Waals surface area (Å²) in [5.41, 5.74) is 0.552. The summed E-state index contributed by atoms with van der Waals surface area (Å²) in [4.78, 5) is 24.7. The summed E-state index contributed by atoms with van der Waals surface area (Å²) in [7, 11) is -3.17. The van der Waals surface area contributed by atoms with Gasteiger partial charge in [-0.05, 0) is 25.0 Å². The first kappa shape index (κ1) is 17.2. The van der Waals surface area contributed by atoms with Crippen LogP contribution in [-0.4, -0.2) is 50.9 Å². The molecule has 1 N–H and O–H groups in total. The Bertz CT molecular complexity index is 711. The fraction of sp³-hybridized carbons (Fsp3) is 0.500. The third kappa shape index (κ3) is 4.65. The predicted molar refractivity (Wildman–Crippen MR) is 86.6 cm³/mol. The van der Waals surface area contributed by atoms with Gasteiger partial charge in [0, 0.05) is 37.5 Å². The van der Waals surface area contributed by atoms with Gasteiger partial charge in [0.2, 0.25) is 0 Å². The van der Waals surface area contributed by atoms with Crippen LogP contribution in [0.2, 0.25) is 0 Å². The Kier molecular flexibility index (Phi) is 5.19. The monoisotopic (exact) mass is 341 g/mol. The minimum atomic E-state index is -3.17. The number of nitrogens with zero attached hydrogens (tertiary/aromatic N) is 2. The fourth-order valence-corrected chi connectivity index (χ4v) is 2.96. The number of carbonyl (C=O) groups excluding carboxylic acids is 1. The summed E-state index contributed by atoms with van der Waals surface area (Å²) < 4.78 is 22.1. The Labute approximate surface area is 134 Å². The zero-order chi connectivity index (χ0) is 17.0. The highest BCUT2D eigenvalue weighted by molar-refractivity contribution is 7.90. The van der Waals surface area contributed by atoms with E-state index in [0.717, 1.165) is 32.2 Å². The normalized spacial score (nSPS) is 14.7. The molecule has 0 aromatic heterocycles. The molecule has 1 aliphatic rings. The minimum absolute atomic E-state index is 0.0284. The molecule has 1 saturated heterocycles. The fourth-order valence-electron chi connectivity index (χ4n) is 2.49. The van der Waals surface area contributed by atoms with Crippen molar-refractivity contribution in [1.29, 1.82) is 0 Å². The lowest BCUT2D eigenvalue weighted by molar-refractivity contribution is -0.384. The Morgan fingerprint density at radius 3 is 2.57 bits per heavy atom. The Morgan fingerprint density at radius 2 is 2.00 bits per heavy atom. The highest BCUT2D eigenvalue weighted by Crippen LogP contribution is 2.31. The number of nitro groups is 1. The molecule has 1 heterocycles. The van der Waals surface area contributed by atoms with Gasteiger partial charge in [-0.25, -0.2) is 8.42 Å². The summed E-state index contributed by atoms with van der Waals surface area (Å²) in [6.07, 6.45) is 3.06. The van der Waals surface area contributed by atoms with Crippen LogP contribution in [-0.2, 0) is 9.84 Å². The number of hydrogen-bond donors (Lipinski definition) is 1. The summed E-state index contributed by atoms with van der Waals surface area (Å²) in [6.45, 7) is 1.50. The van der Waals surface area contributed by atoms with E-state index in [9.17, 15) is 23.3 Å². The van der Waals surface area contributed by atoms with E-state index < -0.39 is 20.7 Å². The maximum absolute atomic E-state index is 12.0. The smallest absolute Gasteiger partial charge is 0.293 e. The average Bonchev–Trinajstić information content (AvgIpc) is 2.99. The van der Waals surface area contributed by atoms with Crippen LogP contribution in [0.1, 0.15) is 23.2 Å². The summed E-state index contributed by atoms with van der Waals surface area (Å²) in [5.74, 6) is -0.697. The van der Waals surface area contributed by atoms with Gasteiger partial charge in [0.1, 0.15) is 15.5 Å². The summed E-state index contributed by atoms with van der Waals surface area (Å²) in [5, 5.41) is 13.7. The SMILES string of the molecule is CS(=O)(=O)CCNC(=O)c1ccc(N2CCCC2)c([N+](=O)[O-])c1. The van der Waals surface area contributed by atoms with E-state index in [2.05, 4.69) is 5.32 Å². The molecule has 0 bridgehead atoms. The zero-order valence-corrected chi connectivity index (χ0v) is 13.6. The molecule has 0 spiro atoms. The van der Waals surface area contributed by atoms with Gasteiger partial charge in [-0.1, -0.05) is 0 Å². The lowest BCUT2D eigenvalue weighted by Gasteiger charge is -2.17. The Morgan fingerprint density at radius 1 is 1.35 bits per heavy atom.